The van der Waals surface area contributed by atoms with E-state index in [1.165, 1.54) is 24.3 Å². The maximum absolute atomic E-state index is 12.1. The Hall–Kier alpha value is -2.29. The second kappa shape index (κ2) is 6.00. The molecule has 21 heavy (non-hydrogen) atoms. The van der Waals surface area contributed by atoms with E-state index in [4.69, 9.17) is 5.11 Å². The monoisotopic (exact) mass is 399 g/mol. The molecule has 2 rings (SSSR count). The van der Waals surface area contributed by atoms with Crippen molar-refractivity contribution in [3.63, 3.8) is 0 Å². The molecular formula is C14H10INO5. The Morgan fingerprint density at radius 2 is 1.67 bits per heavy atom. The first-order valence-electron chi connectivity index (χ1n) is 5.74. The van der Waals surface area contributed by atoms with E-state index in [0.717, 1.165) is 9.64 Å². The van der Waals surface area contributed by atoms with Gasteiger partial charge in [0.05, 0.1) is 16.8 Å². The maximum Gasteiger partial charge on any atom is 0.335 e. The Balaban J connectivity index is 2.33. The van der Waals surface area contributed by atoms with Gasteiger partial charge in [0, 0.05) is 3.57 Å². The third-order valence-electron chi connectivity index (χ3n) is 2.69. The minimum atomic E-state index is -1.18. The van der Waals surface area contributed by atoms with Crippen molar-refractivity contribution in [3.8, 4) is 11.5 Å². The molecule has 0 atom stereocenters. The molecule has 2 aromatic rings. The summed E-state index contributed by atoms with van der Waals surface area (Å²) in [4.78, 5) is 23.0. The fourth-order valence-corrected chi connectivity index (χ4v) is 2.14. The van der Waals surface area contributed by atoms with Crippen LogP contribution in [0.3, 0.4) is 0 Å². The van der Waals surface area contributed by atoms with Crippen molar-refractivity contribution in [2.75, 3.05) is 5.32 Å². The SMILES string of the molecule is O=C(O)c1ccc(O)c(NC(=O)c2cc(I)ccc2O)c1. The lowest BCUT2D eigenvalue weighted by atomic mass is 10.1. The quantitative estimate of drug-likeness (QED) is 0.469. The number of carbonyl (C=O) groups is 2. The molecule has 0 saturated heterocycles. The molecule has 0 bridgehead atoms. The maximum atomic E-state index is 12.1. The first kappa shape index (κ1) is 15.1. The standard InChI is InChI=1S/C14H10INO5/c15-8-2-4-11(17)9(6-8)13(19)16-10-5-7(14(20)21)1-3-12(10)18/h1-6,17-18H,(H,16,19)(H,20,21). The number of phenolic OH excluding ortho intramolecular Hbond substituents is 2. The van der Waals surface area contributed by atoms with Crippen LogP contribution in [0.15, 0.2) is 36.4 Å². The Morgan fingerprint density at radius 1 is 1.00 bits per heavy atom. The van der Waals surface area contributed by atoms with Crippen molar-refractivity contribution < 1.29 is 24.9 Å². The molecule has 4 N–H and O–H groups in total. The van der Waals surface area contributed by atoms with Crippen LogP contribution in [-0.2, 0) is 0 Å². The van der Waals surface area contributed by atoms with Gasteiger partial charge in [0.15, 0.2) is 0 Å². The number of aromatic carboxylic acids is 1. The average Bonchev–Trinajstić information content (AvgIpc) is 2.43. The van der Waals surface area contributed by atoms with E-state index in [9.17, 15) is 19.8 Å². The molecular weight excluding hydrogens is 389 g/mol. The van der Waals surface area contributed by atoms with E-state index in [1.807, 2.05) is 22.6 Å². The van der Waals surface area contributed by atoms with Crippen LogP contribution in [-0.4, -0.2) is 27.2 Å². The van der Waals surface area contributed by atoms with Gasteiger partial charge in [0.2, 0.25) is 0 Å². The molecule has 7 heteroatoms. The molecule has 108 valence electrons. The lowest BCUT2D eigenvalue weighted by Crippen LogP contribution is -2.13. The topological polar surface area (TPSA) is 107 Å². The van der Waals surface area contributed by atoms with Gasteiger partial charge in [-0.05, 0) is 59.0 Å². The summed E-state index contributed by atoms with van der Waals surface area (Å²) < 4.78 is 0.749. The van der Waals surface area contributed by atoms with Gasteiger partial charge in [-0.25, -0.2) is 4.79 Å². The molecule has 2 aromatic carbocycles. The molecule has 0 aliphatic rings. The van der Waals surface area contributed by atoms with Crippen molar-refractivity contribution in [1.29, 1.82) is 0 Å². The van der Waals surface area contributed by atoms with E-state index in [0.29, 0.717) is 0 Å². The Labute approximate surface area is 133 Å². The second-order valence-electron chi connectivity index (χ2n) is 4.15. The molecule has 0 fully saturated rings. The predicted molar refractivity (Wildman–Crippen MR) is 83.8 cm³/mol. The van der Waals surface area contributed by atoms with Crippen molar-refractivity contribution in [3.05, 3.63) is 51.1 Å². The third kappa shape index (κ3) is 3.43. The molecule has 0 aromatic heterocycles. The zero-order valence-electron chi connectivity index (χ0n) is 10.5. The van der Waals surface area contributed by atoms with E-state index in [2.05, 4.69) is 5.32 Å². The summed E-state index contributed by atoms with van der Waals surface area (Å²) >= 11 is 1.99. The van der Waals surface area contributed by atoms with E-state index >= 15 is 0 Å². The van der Waals surface area contributed by atoms with Crippen LogP contribution in [0.25, 0.3) is 0 Å². The molecule has 0 saturated carbocycles. The highest BCUT2D eigenvalue weighted by molar-refractivity contribution is 14.1. The van der Waals surface area contributed by atoms with Gasteiger partial charge in [-0.3, -0.25) is 4.79 Å². The number of nitrogens with one attached hydrogen (secondary N) is 1. The van der Waals surface area contributed by atoms with Crippen molar-refractivity contribution in [2.45, 2.75) is 0 Å². The summed E-state index contributed by atoms with van der Waals surface area (Å²) in [6, 6.07) is 8.02. The Bertz CT molecular complexity index is 729. The number of aromatic hydroxyl groups is 2. The summed E-state index contributed by atoms with van der Waals surface area (Å²) in [6.07, 6.45) is 0. The van der Waals surface area contributed by atoms with Crippen molar-refractivity contribution >= 4 is 40.2 Å². The van der Waals surface area contributed by atoms with E-state index in [1.54, 1.807) is 6.07 Å². The van der Waals surface area contributed by atoms with Crippen LogP contribution in [0.2, 0.25) is 0 Å². The minimum Gasteiger partial charge on any atom is -0.507 e. The first-order chi connectivity index (χ1) is 9.88. The number of rotatable bonds is 3. The normalized spacial score (nSPS) is 10.1. The number of anilines is 1. The zero-order valence-corrected chi connectivity index (χ0v) is 12.7. The highest BCUT2D eigenvalue weighted by Crippen LogP contribution is 2.27. The number of hydrogen-bond acceptors (Lipinski definition) is 4. The number of carboxylic acid groups (broad SMARTS) is 1. The van der Waals surface area contributed by atoms with Crippen LogP contribution in [0.4, 0.5) is 5.69 Å². The fraction of sp³-hybridized carbons (Fsp3) is 0. The smallest absolute Gasteiger partial charge is 0.335 e. The number of carbonyl (C=O) groups excluding carboxylic acids is 1. The van der Waals surface area contributed by atoms with Gasteiger partial charge in [-0.2, -0.15) is 0 Å². The van der Waals surface area contributed by atoms with Crippen LogP contribution in [0, 0.1) is 3.57 Å². The molecule has 1 amide bonds. The largest absolute Gasteiger partial charge is 0.507 e. The van der Waals surface area contributed by atoms with Gasteiger partial charge in [-0.15, -0.1) is 0 Å². The molecule has 0 radical (unpaired) electrons. The van der Waals surface area contributed by atoms with Gasteiger partial charge in [0.1, 0.15) is 11.5 Å². The van der Waals surface area contributed by atoms with Crippen LogP contribution in [0.1, 0.15) is 20.7 Å². The lowest BCUT2D eigenvalue weighted by Gasteiger charge is -2.09. The average molecular weight is 399 g/mol. The summed E-state index contributed by atoms with van der Waals surface area (Å²) in [6.45, 7) is 0. The summed E-state index contributed by atoms with van der Waals surface area (Å²) in [5.74, 6) is -2.30. The fourth-order valence-electron chi connectivity index (χ4n) is 1.65. The summed E-state index contributed by atoms with van der Waals surface area (Å²) in [5, 5.41) is 30.6. The van der Waals surface area contributed by atoms with E-state index < -0.39 is 11.9 Å². The molecule has 0 aliphatic carbocycles. The summed E-state index contributed by atoms with van der Waals surface area (Å²) in [7, 11) is 0. The second-order valence-corrected chi connectivity index (χ2v) is 5.40. The van der Waals surface area contributed by atoms with Crippen LogP contribution >= 0.6 is 22.6 Å². The Morgan fingerprint density at radius 3 is 2.33 bits per heavy atom. The zero-order chi connectivity index (χ0) is 15.6. The van der Waals surface area contributed by atoms with Crippen molar-refractivity contribution in [2.24, 2.45) is 0 Å². The number of halogens is 1. The highest BCUT2D eigenvalue weighted by Gasteiger charge is 2.15. The molecule has 0 heterocycles. The van der Waals surface area contributed by atoms with Crippen LogP contribution in [0.5, 0.6) is 11.5 Å². The number of phenols is 2. The first-order valence-corrected chi connectivity index (χ1v) is 6.82. The lowest BCUT2D eigenvalue weighted by molar-refractivity contribution is 0.0696. The van der Waals surface area contributed by atoms with Crippen molar-refractivity contribution in [1.82, 2.24) is 0 Å². The summed E-state index contributed by atoms with van der Waals surface area (Å²) in [5.41, 5.74) is -0.0878. The van der Waals surface area contributed by atoms with Gasteiger partial charge >= 0.3 is 5.97 Å². The number of hydrogen-bond donors (Lipinski definition) is 4. The molecule has 6 nitrogen and oxygen atoms in total. The highest BCUT2D eigenvalue weighted by atomic mass is 127. The van der Waals surface area contributed by atoms with Gasteiger partial charge < -0.3 is 20.6 Å². The predicted octanol–water partition coefficient (Wildman–Crippen LogP) is 2.65. The minimum absolute atomic E-state index is 0.0297. The van der Waals surface area contributed by atoms with Gasteiger partial charge in [-0.1, -0.05) is 0 Å². The number of amides is 1. The van der Waals surface area contributed by atoms with Gasteiger partial charge in [0.25, 0.3) is 5.91 Å². The number of benzene rings is 2. The van der Waals surface area contributed by atoms with Crippen LogP contribution < -0.4 is 5.32 Å². The van der Waals surface area contributed by atoms with E-state index in [-0.39, 0.29) is 28.3 Å². The molecule has 0 aliphatic heterocycles. The Kier molecular flexibility index (Phi) is 4.32. The molecule has 0 unspecified atom stereocenters. The third-order valence-corrected chi connectivity index (χ3v) is 3.37. The number of carboxylic acids is 1. The molecule has 0 spiro atoms.